The number of H-pyrrole nitrogens is 1. The Hall–Kier alpha value is -1.93. The molecule has 0 bridgehead atoms. The molecule has 6 nitrogen and oxygen atoms in total. The molecule has 0 fully saturated rings. The van der Waals surface area contributed by atoms with Crippen molar-refractivity contribution < 1.29 is 53.0 Å². The number of carbonyl (C=O) groups is 1. The molecule has 2 aromatic heterocycles. The molecule has 0 amide bonds. The molecule has 2 N–H and O–H groups in total. The number of hydrogen-bond acceptors (Lipinski definition) is 1. The molecular formula is C16H18Br2N4O2. The number of aryl methyl sites for hydroxylation is 1. The van der Waals surface area contributed by atoms with Gasteiger partial charge in [0.2, 0.25) is 13.0 Å². The van der Waals surface area contributed by atoms with Gasteiger partial charge in [-0.2, -0.15) is 9.13 Å². The predicted octanol–water partition coefficient (Wildman–Crippen LogP) is -4.85. The number of aromatic nitrogens is 4. The van der Waals surface area contributed by atoms with Crippen LogP contribution >= 0.6 is 0 Å². The lowest BCUT2D eigenvalue weighted by molar-refractivity contribution is -0.912. The number of aromatic carboxylic acids is 1. The summed E-state index contributed by atoms with van der Waals surface area (Å²) in [5.41, 5.74) is 2.00. The van der Waals surface area contributed by atoms with Gasteiger partial charge in [0, 0.05) is 0 Å². The molecule has 8 heteroatoms. The topological polar surface area (TPSA) is 65.8 Å². The summed E-state index contributed by atoms with van der Waals surface area (Å²) in [6, 6.07) is 5.56. The summed E-state index contributed by atoms with van der Waals surface area (Å²) in [7, 11) is 0. The minimum Gasteiger partial charge on any atom is -1.00 e. The van der Waals surface area contributed by atoms with E-state index in [0.717, 1.165) is 12.0 Å². The minimum atomic E-state index is -0.912. The average molecular weight is 458 g/mol. The first-order valence-corrected chi connectivity index (χ1v) is 7.13. The zero-order valence-corrected chi connectivity index (χ0v) is 16.2. The Morgan fingerprint density at radius 1 is 1.25 bits per heavy atom. The van der Waals surface area contributed by atoms with Crippen LogP contribution in [0.5, 0.6) is 0 Å². The molecule has 24 heavy (non-hydrogen) atoms. The molecule has 0 unspecified atom stereocenters. The van der Waals surface area contributed by atoms with E-state index in [4.69, 9.17) is 0 Å². The van der Waals surface area contributed by atoms with Gasteiger partial charge in [-0.05, 0) is 24.1 Å². The first kappa shape index (κ1) is 20.1. The fourth-order valence-corrected chi connectivity index (χ4v) is 2.42. The summed E-state index contributed by atoms with van der Waals surface area (Å²) in [5, 5.41) is 9.43. The number of halogens is 2. The number of carboxylic acid groups (broad SMARTS) is 1. The Bertz CT molecular complexity index is 800. The van der Waals surface area contributed by atoms with Crippen LogP contribution in [0.3, 0.4) is 0 Å². The second-order valence-electron chi connectivity index (χ2n) is 5.11. The molecule has 3 aromatic rings. The van der Waals surface area contributed by atoms with Crippen LogP contribution in [0.1, 0.15) is 22.8 Å². The zero-order chi connectivity index (χ0) is 15.5. The van der Waals surface area contributed by atoms with Crippen molar-refractivity contribution in [1.82, 2.24) is 9.55 Å². The van der Waals surface area contributed by atoms with E-state index in [1.807, 2.05) is 70.2 Å². The van der Waals surface area contributed by atoms with Crippen molar-refractivity contribution in [3.8, 4) is 5.69 Å². The molecule has 0 spiro atoms. The van der Waals surface area contributed by atoms with Crippen molar-refractivity contribution in [3.05, 3.63) is 66.8 Å². The fraction of sp³-hybridized carbons (Fsp3) is 0.188. The minimum absolute atomic E-state index is 0. The molecule has 0 aliphatic rings. The van der Waals surface area contributed by atoms with Crippen LogP contribution < -0.4 is 43.1 Å². The monoisotopic (exact) mass is 456 g/mol. The van der Waals surface area contributed by atoms with Gasteiger partial charge in [0.15, 0.2) is 0 Å². The van der Waals surface area contributed by atoms with E-state index < -0.39 is 5.97 Å². The van der Waals surface area contributed by atoms with E-state index in [-0.39, 0.29) is 34.0 Å². The molecule has 0 aliphatic heterocycles. The van der Waals surface area contributed by atoms with Gasteiger partial charge in [0.05, 0.1) is 0 Å². The number of benzene rings is 1. The number of imidazole rings is 2. The van der Waals surface area contributed by atoms with Gasteiger partial charge in [-0.1, -0.05) is 13.0 Å². The van der Waals surface area contributed by atoms with E-state index in [2.05, 4.69) is 4.98 Å². The van der Waals surface area contributed by atoms with E-state index in [1.165, 1.54) is 0 Å². The van der Waals surface area contributed by atoms with Crippen LogP contribution in [0.15, 0.2) is 55.6 Å². The van der Waals surface area contributed by atoms with Crippen LogP contribution in [0.2, 0.25) is 0 Å². The quantitative estimate of drug-likeness (QED) is 0.377. The molecule has 0 aliphatic carbocycles. The number of nitrogens with zero attached hydrogens (tertiary/aromatic N) is 3. The SMILES string of the molecule is CCc1ccc(-n2cc[n+](C[n+]3cc[nH]c3)c2)c(C(=O)O)c1.[Br-].[Br-]. The Kier molecular flexibility index (Phi) is 7.37. The highest BCUT2D eigenvalue weighted by molar-refractivity contribution is 5.92. The van der Waals surface area contributed by atoms with Crippen molar-refractivity contribution in [2.75, 3.05) is 0 Å². The van der Waals surface area contributed by atoms with E-state index in [9.17, 15) is 9.90 Å². The number of carboxylic acids is 1. The summed E-state index contributed by atoms with van der Waals surface area (Å²) < 4.78 is 5.80. The van der Waals surface area contributed by atoms with Crippen molar-refractivity contribution in [1.29, 1.82) is 0 Å². The number of hydrogen-bond donors (Lipinski definition) is 2. The molecular weight excluding hydrogens is 440 g/mol. The maximum atomic E-state index is 11.5. The summed E-state index contributed by atoms with van der Waals surface area (Å²) >= 11 is 0. The number of rotatable bonds is 5. The lowest BCUT2D eigenvalue weighted by Crippen LogP contribution is -3.00. The molecule has 3 rings (SSSR count). The van der Waals surface area contributed by atoms with Gasteiger partial charge >= 0.3 is 5.97 Å². The Morgan fingerprint density at radius 2 is 2.04 bits per heavy atom. The standard InChI is InChI=1S/C16H16N4O2.2BrH/c1-2-13-3-4-15(14(9-13)16(21)22)20-8-7-19(12-20)11-18-6-5-17-10-18;;/h3-10,12H,2,11H2,1H3;2*1H. The molecule has 1 aromatic carbocycles. The summed E-state index contributed by atoms with van der Waals surface area (Å²) in [4.78, 5) is 14.5. The first-order valence-electron chi connectivity index (χ1n) is 7.13. The van der Waals surface area contributed by atoms with Gasteiger partial charge in [-0.15, -0.1) is 0 Å². The zero-order valence-electron chi connectivity index (χ0n) is 13.1. The van der Waals surface area contributed by atoms with Crippen molar-refractivity contribution >= 4 is 5.97 Å². The van der Waals surface area contributed by atoms with Crippen LogP contribution in [-0.2, 0) is 13.1 Å². The van der Waals surface area contributed by atoms with E-state index in [0.29, 0.717) is 17.9 Å². The highest BCUT2D eigenvalue weighted by atomic mass is 79.9. The molecule has 0 saturated carbocycles. The Morgan fingerprint density at radius 3 is 2.67 bits per heavy atom. The molecule has 2 heterocycles. The third kappa shape index (κ3) is 4.33. The normalized spacial score (nSPS) is 9.88. The summed E-state index contributed by atoms with van der Waals surface area (Å²) in [6.07, 6.45) is 12.1. The molecule has 0 atom stereocenters. The molecule has 0 saturated heterocycles. The van der Waals surface area contributed by atoms with Gasteiger partial charge in [0.25, 0.3) is 6.33 Å². The van der Waals surface area contributed by atoms with E-state index >= 15 is 0 Å². The highest BCUT2D eigenvalue weighted by Crippen LogP contribution is 2.17. The number of nitrogens with one attached hydrogen (secondary N) is 1. The second-order valence-corrected chi connectivity index (χ2v) is 5.11. The van der Waals surface area contributed by atoms with E-state index in [1.54, 1.807) is 6.07 Å². The second kappa shape index (κ2) is 8.79. The summed E-state index contributed by atoms with van der Waals surface area (Å²) in [6.45, 7) is 2.67. The number of aromatic amines is 1. The molecule has 128 valence electrons. The first-order chi connectivity index (χ1) is 10.7. The average Bonchev–Trinajstić information content (AvgIpc) is 3.19. The van der Waals surface area contributed by atoms with Gasteiger partial charge in [-0.3, -0.25) is 4.98 Å². The van der Waals surface area contributed by atoms with Crippen LogP contribution in [0.4, 0.5) is 0 Å². The summed E-state index contributed by atoms with van der Waals surface area (Å²) in [5.74, 6) is -0.912. The maximum Gasteiger partial charge on any atom is 0.340 e. The predicted molar refractivity (Wildman–Crippen MR) is 78.7 cm³/mol. The third-order valence-electron chi connectivity index (χ3n) is 3.60. The molecule has 0 radical (unpaired) electrons. The van der Waals surface area contributed by atoms with Gasteiger partial charge in [0.1, 0.15) is 36.0 Å². The van der Waals surface area contributed by atoms with Crippen LogP contribution in [0, 0.1) is 0 Å². The highest BCUT2D eigenvalue weighted by Gasteiger charge is 2.17. The van der Waals surface area contributed by atoms with Crippen LogP contribution in [0.25, 0.3) is 5.69 Å². The van der Waals surface area contributed by atoms with Gasteiger partial charge in [-0.25, -0.2) is 9.36 Å². The lowest BCUT2D eigenvalue weighted by Gasteiger charge is -2.04. The van der Waals surface area contributed by atoms with Crippen LogP contribution in [-0.4, -0.2) is 20.6 Å². The van der Waals surface area contributed by atoms with Gasteiger partial charge < -0.3 is 39.1 Å². The smallest absolute Gasteiger partial charge is 0.340 e. The van der Waals surface area contributed by atoms with Crippen molar-refractivity contribution in [2.24, 2.45) is 0 Å². The Balaban J connectivity index is 0.00000144. The fourth-order valence-electron chi connectivity index (χ4n) is 2.42. The largest absolute Gasteiger partial charge is 1.00 e. The third-order valence-corrected chi connectivity index (χ3v) is 3.60. The van der Waals surface area contributed by atoms with Crippen molar-refractivity contribution in [2.45, 2.75) is 20.0 Å². The lowest BCUT2D eigenvalue weighted by atomic mass is 10.1. The Labute approximate surface area is 160 Å². The van der Waals surface area contributed by atoms with Crippen molar-refractivity contribution in [3.63, 3.8) is 0 Å². The maximum absolute atomic E-state index is 11.5.